The fourth-order valence-corrected chi connectivity index (χ4v) is 1.87. The lowest BCUT2D eigenvalue weighted by Gasteiger charge is -2.13. The second kappa shape index (κ2) is 8.66. The summed E-state index contributed by atoms with van der Waals surface area (Å²) in [7, 11) is 1.51. The van der Waals surface area contributed by atoms with Crippen LogP contribution in [0.15, 0.2) is 12.1 Å². The zero-order valence-corrected chi connectivity index (χ0v) is 12.6. The second-order valence-electron chi connectivity index (χ2n) is 4.24. The minimum Gasteiger partial charge on any atom is -0.493 e. The predicted octanol–water partition coefficient (Wildman–Crippen LogP) is 2.22. The molecule has 0 aliphatic heterocycles. The second-order valence-corrected chi connectivity index (χ2v) is 4.64. The van der Waals surface area contributed by atoms with E-state index in [0.717, 1.165) is 12.8 Å². The Morgan fingerprint density at radius 1 is 1.45 bits per heavy atom. The molecule has 0 saturated carbocycles. The number of benzene rings is 1. The molecule has 3 N–H and O–H groups in total. The van der Waals surface area contributed by atoms with Gasteiger partial charge < -0.3 is 20.5 Å². The Balaban J connectivity index is 2.89. The molecule has 0 bridgehead atoms. The summed E-state index contributed by atoms with van der Waals surface area (Å²) in [6, 6.07) is 3.20. The van der Waals surface area contributed by atoms with Gasteiger partial charge in [-0.05, 0) is 31.5 Å². The Bertz CT molecular complexity index is 452. The van der Waals surface area contributed by atoms with Crippen LogP contribution >= 0.6 is 11.6 Å². The molecule has 0 spiro atoms. The van der Waals surface area contributed by atoms with Gasteiger partial charge in [0.25, 0.3) is 5.91 Å². The number of carbonyl (C=O) groups excluding carboxylic acids is 1. The van der Waals surface area contributed by atoms with Crippen molar-refractivity contribution in [3.05, 3.63) is 22.7 Å². The lowest BCUT2D eigenvalue weighted by molar-refractivity contribution is 0.0953. The van der Waals surface area contributed by atoms with Crippen LogP contribution in [0.1, 0.15) is 30.1 Å². The first-order chi connectivity index (χ1) is 9.63. The SMILES string of the molecule is CCCOc1c(Cl)cc(C(=O)NCCCN)cc1OC. The standard InChI is InChI=1S/C14H21ClN2O3/c1-3-7-20-13-11(15)8-10(9-12(13)19-2)14(18)17-6-4-5-16/h8-9H,3-7,16H2,1-2H3,(H,17,18). The van der Waals surface area contributed by atoms with Crippen molar-refractivity contribution < 1.29 is 14.3 Å². The van der Waals surface area contributed by atoms with Crippen molar-refractivity contribution in [1.29, 1.82) is 0 Å². The molecule has 0 heterocycles. The Morgan fingerprint density at radius 2 is 2.20 bits per heavy atom. The van der Waals surface area contributed by atoms with E-state index in [1.165, 1.54) is 7.11 Å². The number of rotatable bonds is 8. The molecule has 0 unspecified atom stereocenters. The van der Waals surface area contributed by atoms with E-state index >= 15 is 0 Å². The average Bonchev–Trinajstić information content (AvgIpc) is 2.45. The van der Waals surface area contributed by atoms with Gasteiger partial charge in [0.1, 0.15) is 0 Å². The monoisotopic (exact) mass is 300 g/mol. The predicted molar refractivity (Wildman–Crippen MR) is 79.8 cm³/mol. The first kappa shape index (κ1) is 16.6. The number of amides is 1. The number of hydrogen-bond acceptors (Lipinski definition) is 4. The van der Waals surface area contributed by atoms with Gasteiger partial charge in [-0.1, -0.05) is 18.5 Å². The van der Waals surface area contributed by atoms with Gasteiger partial charge >= 0.3 is 0 Å². The fraction of sp³-hybridized carbons (Fsp3) is 0.500. The van der Waals surface area contributed by atoms with Gasteiger partial charge in [-0.25, -0.2) is 0 Å². The summed E-state index contributed by atoms with van der Waals surface area (Å²) in [5.41, 5.74) is 5.82. The lowest BCUT2D eigenvalue weighted by atomic mass is 10.2. The molecule has 0 aliphatic carbocycles. The molecule has 20 heavy (non-hydrogen) atoms. The molecule has 1 rings (SSSR count). The van der Waals surface area contributed by atoms with Crippen molar-refractivity contribution in [1.82, 2.24) is 5.32 Å². The highest BCUT2D eigenvalue weighted by Crippen LogP contribution is 2.36. The number of ether oxygens (including phenoxy) is 2. The Hall–Kier alpha value is -1.46. The number of methoxy groups -OCH3 is 1. The molecule has 0 saturated heterocycles. The third kappa shape index (κ3) is 4.58. The molecule has 6 heteroatoms. The van der Waals surface area contributed by atoms with Crippen molar-refractivity contribution in [3.8, 4) is 11.5 Å². The summed E-state index contributed by atoms with van der Waals surface area (Å²) >= 11 is 6.15. The highest BCUT2D eigenvalue weighted by Gasteiger charge is 2.15. The largest absolute Gasteiger partial charge is 0.493 e. The zero-order chi connectivity index (χ0) is 15.0. The highest BCUT2D eigenvalue weighted by molar-refractivity contribution is 6.32. The van der Waals surface area contributed by atoms with Crippen LogP contribution in [0.3, 0.4) is 0 Å². The lowest BCUT2D eigenvalue weighted by Crippen LogP contribution is -2.26. The quantitative estimate of drug-likeness (QED) is 0.722. The zero-order valence-electron chi connectivity index (χ0n) is 11.9. The third-order valence-corrected chi connectivity index (χ3v) is 2.89. The van der Waals surface area contributed by atoms with Gasteiger partial charge in [-0.15, -0.1) is 0 Å². The van der Waals surface area contributed by atoms with Crippen LogP contribution in [-0.4, -0.2) is 32.7 Å². The molecule has 0 atom stereocenters. The van der Waals surface area contributed by atoms with Crippen molar-refractivity contribution in [2.24, 2.45) is 5.73 Å². The van der Waals surface area contributed by atoms with E-state index in [1.54, 1.807) is 12.1 Å². The molecule has 1 aromatic carbocycles. The van der Waals surface area contributed by atoms with E-state index in [2.05, 4.69) is 5.32 Å². The van der Waals surface area contributed by atoms with E-state index in [4.69, 9.17) is 26.8 Å². The molecule has 0 aliphatic rings. The first-order valence-corrected chi connectivity index (χ1v) is 7.00. The number of hydrogen-bond donors (Lipinski definition) is 2. The highest BCUT2D eigenvalue weighted by atomic mass is 35.5. The normalized spacial score (nSPS) is 10.2. The smallest absolute Gasteiger partial charge is 0.251 e. The van der Waals surface area contributed by atoms with Gasteiger partial charge in [-0.3, -0.25) is 4.79 Å². The van der Waals surface area contributed by atoms with E-state index in [1.807, 2.05) is 6.92 Å². The molecule has 1 aromatic rings. The van der Waals surface area contributed by atoms with Gasteiger partial charge in [0.15, 0.2) is 11.5 Å². The number of halogens is 1. The van der Waals surface area contributed by atoms with Gasteiger partial charge in [0.05, 0.1) is 18.7 Å². The van der Waals surface area contributed by atoms with Crippen LogP contribution in [0.4, 0.5) is 0 Å². The van der Waals surface area contributed by atoms with Crippen LogP contribution in [0.5, 0.6) is 11.5 Å². The summed E-state index contributed by atoms with van der Waals surface area (Å²) < 4.78 is 10.8. The van der Waals surface area contributed by atoms with Gasteiger partial charge in [0.2, 0.25) is 0 Å². The van der Waals surface area contributed by atoms with Crippen molar-refractivity contribution >= 4 is 17.5 Å². The van der Waals surface area contributed by atoms with Crippen LogP contribution in [0.2, 0.25) is 5.02 Å². The molecule has 0 radical (unpaired) electrons. The number of nitrogens with two attached hydrogens (primary N) is 1. The fourth-order valence-electron chi connectivity index (χ4n) is 1.60. The number of carbonyl (C=O) groups is 1. The topological polar surface area (TPSA) is 73.6 Å². The minimum absolute atomic E-state index is 0.208. The van der Waals surface area contributed by atoms with Gasteiger partial charge in [-0.2, -0.15) is 0 Å². The van der Waals surface area contributed by atoms with Gasteiger partial charge in [0, 0.05) is 12.1 Å². The van der Waals surface area contributed by atoms with Crippen LogP contribution in [-0.2, 0) is 0 Å². The van der Waals surface area contributed by atoms with Crippen molar-refractivity contribution in [3.63, 3.8) is 0 Å². The molecule has 1 amide bonds. The summed E-state index contributed by atoms with van der Waals surface area (Å²) in [6.07, 6.45) is 1.59. The summed E-state index contributed by atoms with van der Waals surface area (Å²) in [4.78, 5) is 12.0. The average molecular weight is 301 g/mol. The molecular formula is C14H21ClN2O3. The maximum absolute atomic E-state index is 12.0. The Morgan fingerprint density at radius 3 is 2.80 bits per heavy atom. The van der Waals surface area contributed by atoms with E-state index in [0.29, 0.717) is 41.8 Å². The molecule has 0 fully saturated rings. The van der Waals surface area contributed by atoms with E-state index in [-0.39, 0.29) is 5.91 Å². The summed E-state index contributed by atoms with van der Waals surface area (Å²) in [6.45, 7) is 3.61. The van der Waals surface area contributed by atoms with Crippen LogP contribution in [0, 0.1) is 0 Å². The summed E-state index contributed by atoms with van der Waals surface area (Å²) in [5.74, 6) is 0.713. The van der Waals surface area contributed by atoms with E-state index in [9.17, 15) is 4.79 Å². The molecular weight excluding hydrogens is 280 g/mol. The van der Waals surface area contributed by atoms with Crippen LogP contribution in [0.25, 0.3) is 0 Å². The third-order valence-electron chi connectivity index (χ3n) is 2.61. The molecule has 112 valence electrons. The maximum Gasteiger partial charge on any atom is 0.251 e. The molecule has 0 aromatic heterocycles. The Labute approximate surface area is 124 Å². The minimum atomic E-state index is -0.208. The van der Waals surface area contributed by atoms with Crippen molar-refractivity contribution in [2.45, 2.75) is 19.8 Å². The first-order valence-electron chi connectivity index (χ1n) is 6.62. The van der Waals surface area contributed by atoms with Crippen molar-refractivity contribution in [2.75, 3.05) is 26.8 Å². The number of nitrogens with one attached hydrogen (secondary N) is 1. The molecule has 5 nitrogen and oxygen atoms in total. The summed E-state index contributed by atoms with van der Waals surface area (Å²) in [5, 5.41) is 3.13. The van der Waals surface area contributed by atoms with E-state index < -0.39 is 0 Å². The maximum atomic E-state index is 12.0. The van der Waals surface area contributed by atoms with Crippen LogP contribution < -0.4 is 20.5 Å². The Kier molecular flexibility index (Phi) is 7.18.